The molecule has 1 aromatic heterocycles. The Morgan fingerprint density at radius 1 is 1.16 bits per heavy atom. The van der Waals surface area contributed by atoms with Crippen molar-refractivity contribution in [3.05, 3.63) is 56.3 Å². The van der Waals surface area contributed by atoms with Crippen molar-refractivity contribution in [1.82, 2.24) is 0 Å². The molecule has 0 aliphatic heterocycles. The Morgan fingerprint density at radius 3 is 2.74 bits per heavy atom. The van der Waals surface area contributed by atoms with E-state index in [0.717, 1.165) is 23.3 Å². The second kappa shape index (κ2) is 4.93. The van der Waals surface area contributed by atoms with E-state index in [-0.39, 0.29) is 5.78 Å². The summed E-state index contributed by atoms with van der Waals surface area (Å²) in [6.45, 7) is 4.20. The maximum atomic E-state index is 12.3. The van der Waals surface area contributed by atoms with E-state index in [0.29, 0.717) is 6.42 Å². The van der Waals surface area contributed by atoms with E-state index in [9.17, 15) is 4.79 Å². The largest absolute Gasteiger partial charge is 0.293 e. The Morgan fingerprint density at radius 2 is 2.00 bits per heavy atom. The second-order valence-corrected chi connectivity index (χ2v) is 6.57. The van der Waals surface area contributed by atoms with Gasteiger partial charge in [-0.05, 0) is 61.4 Å². The van der Waals surface area contributed by atoms with Crippen molar-refractivity contribution in [2.45, 2.75) is 39.5 Å². The van der Waals surface area contributed by atoms with Crippen LogP contribution in [0.2, 0.25) is 0 Å². The van der Waals surface area contributed by atoms with Gasteiger partial charge < -0.3 is 0 Å². The lowest BCUT2D eigenvalue weighted by atomic mass is 10.0. The molecule has 98 valence electrons. The van der Waals surface area contributed by atoms with E-state index >= 15 is 0 Å². The number of fused-ring (bicyclic) bond motifs is 1. The zero-order valence-electron chi connectivity index (χ0n) is 11.5. The van der Waals surface area contributed by atoms with Crippen molar-refractivity contribution in [3.63, 3.8) is 0 Å². The smallest absolute Gasteiger partial charge is 0.177 e. The average molecular weight is 270 g/mol. The maximum absolute atomic E-state index is 12.3. The standard InChI is InChI=1S/C17H18OS/c1-11-6-7-13(8-12(11)2)9-15(18)17-10-14-4-3-5-16(14)19-17/h6-8,10H,3-5,9H2,1-2H3. The highest BCUT2D eigenvalue weighted by Crippen LogP contribution is 2.31. The number of hydrogen-bond acceptors (Lipinski definition) is 2. The molecule has 2 heteroatoms. The number of aryl methyl sites for hydroxylation is 4. The molecule has 0 N–H and O–H groups in total. The van der Waals surface area contributed by atoms with Crippen LogP contribution in [0.25, 0.3) is 0 Å². The molecule has 1 aliphatic carbocycles. The minimum absolute atomic E-state index is 0.266. The first-order valence-corrected chi connectivity index (χ1v) is 7.66. The molecule has 19 heavy (non-hydrogen) atoms. The van der Waals surface area contributed by atoms with Gasteiger partial charge in [-0.1, -0.05) is 18.2 Å². The number of carbonyl (C=O) groups is 1. The lowest BCUT2D eigenvalue weighted by Crippen LogP contribution is -2.02. The van der Waals surface area contributed by atoms with Gasteiger partial charge in [0, 0.05) is 11.3 Å². The number of Topliss-reactive ketones (excluding diaryl/α,β-unsaturated/α-hetero) is 1. The predicted octanol–water partition coefficient (Wildman–Crippen LogP) is 4.28. The van der Waals surface area contributed by atoms with Crippen LogP contribution < -0.4 is 0 Å². The summed E-state index contributed by atoms with van der Waals surface area (Å²) >= 11 is 1.71. The molecule has 0 saturated carbocycles. The topological polar surface area (TPSA) is 17.1 Å². The summed E-state index contributed by atoms with van der Waals surface area (Å²) < 4.78 is 0. The molecule has 0 spiro atoms. The molecule has 0 unspecified atom stereocenters. The van der Waals surface area contributed by atoms with Crippen LogP contribution in [0.15, 0.2) is 24.3 Å². The number of benzene rings is 1. The number of thiophene rings is 1. The third-order valence-corrected chi connectivity index (χ3v) is 5.24. The lowest BCUT2D eigenvalue weighted by Gasteiger charge is -2.04. The van der Waals surface area contributed by atoms with Crippen molar-refractivity contribution < 1.29 is 4.79 Å². The van der Waals surface area contributed by atoms with Gasteiger partial charge in [0.25, 0.3) is 0 Å². The molecule has 1 aromatic carbocycles. The monoisotopic (exact) mass is 270 g/mol. The Kier molecular flexibility index (Phi) is 3.28. The highest BCUT2D eigenvalue weighted by atomic mass is 32.1. The molecule has 1 heterocycles. The van der Waals surface area contributed by atoms with Gasteiger partial charge in [-0.15, -0.1) is 11.3 Å². The van der Waals surface area contributed by atoms with E-state index in [2.05, 4.69) is 38.1 Å². The van der Waals surface area contributed by atoms with Crippen LogP contribution in [0, 0.1) is 13.8 Å². The normalized spacial score (nSPS) is 13.6. The summed E-state index contributed by atoms with van der Waals surface area (Å²) in [6.07, 6.45) is 4.10. The average Bonchev–Trinajstić information content (AvgIpc) is 2.94. The van der Waals surface area contributed by atoms with Crippen molar-refractivity contribution >= 4 is 17.1 Å². The second-order valence-electron chi connectivity index (χ2n) is 5.43. The molecular weight excluding hydrogens is 252 g/mol. The lowest BCUT2D eigenvalue weighted by molar-refractivity contribution is 0.0997. The van der Waals surface area contributed by atoms with E-state index < -0.39 is 0 Å². The molecule has 3 rings (SSSR count). The maximum Gasteiger partial charge on any atom is 0.177 e. The SMILES string of the molecule is Cc1ccc(CC(=O)c2cc3c(s2)CCC3)cc1C. The molecule has 0 fully saturated rings. The molecule has 0 saturated heterocycles. The molecular formula is C17H18OS. The number of rotatable bonds is 3. The van der Waals surface area contributed by atoms with E-state index in [1.807, 2.05) is 0 Å². The van der Waals surface area contributed by atoms with Crippen LogP contribution in [-0.4, -0.2) is 5.78 Å². The van der Waals surface area contributed by atoms with E-state index in [1.54, 1.807) is 11.3 Å². The van der Waals surface area contributed by atoms with Crippen LogP contribution >= 0.6 is 11.3 Å². The van der Waals surface area contributed by atoms with Crippen LogP contribution in [0.1, 0.15) is 43.2 Å². The first-order chi connectivity index (χ1) is 9.13. The molecule has 0 amide bonds. The van der Waals surface area contributed by atoms with Crippen LogP contribution in [0.5, 0.6) is 0 Å². The molecule has 2 aromatic rings. The fraction of sp³-hybridized carbons (Fsp3) is 0.353. The van der Waals surface area contributed by atoms with Gasteiger partial charge >= 0.3 is 0 Å². The van der Waals surface area contributed by atoms with Gasteiger partial charge in [0.2, 0.25) is 0 Å². The van der Waals surface area contributed by atoms with Gasteiger partial charge in [-0.3, -0.25) is 4.79 Å². The van der Waals surface area contributed by atoms with Crippen LogP contribution in [0.3, 0.4) is 0 Å². The Labute approximate surface area is 118 Å². The summed E-state index contributed by atoms with van der Waals surface area (Å²) in [7, 11) is 0. The predicted molar refractivity (Wildman–Crippen MR) is 80.3 cm³/mol. The summed E-state index contributed by atoms with van der Waals surface area (Å²) in [4.78, 5) is 14.7. The summed E-state index contributed by atoms with van der Waals surface area (Å²) in [5.41, 5.74) is 5.08. The fourth-order valence-electron chi connectivity index (χ4n) is 2.65. The van der Waals surface area contributed by atoms with Crippen LogP contribution in [-0.2, 0) is 19.3 Å². The van der Waals surface area contributed by atoms with Gasteiger partial charge in [0.1, 0.15) is 0 Å². The van der Waals surface area contributed by atoms with Crippen molar-refractivity contribution in [2.75, 3.05) is 0 Å². The Bertz CT molecular complexity index is 615. The van der Waals surface area contributed by atoms with Gasteiger partial charge in [0.05, 0.1) is 4.88 Å². The molecule has 1 aliphatic rings. The number of carbonyl (C=O) groups excluding carboxylic acids is 1. The first-order valence-electron chi connectivity index (χ1n) is 6.84. The van der Waals surface area contributed by atoms with Crippen molar-refractivity contribution in [1.29, 1.82) is 0 Å². The van der Waals surface area contributed by atoms with Gasteiger partial charge in [-0.25, -0.2) is 0 Å². The van der Waals surface area contributed by atoms with Crippen molar-refractivity contribution in [2.24, 2.45) is 0 Å². The minimum atomic E-state index is 0.266. The zero-order valence-corrected chi connectivity index (χ0v) is 12.3. The highest BCUT2D eigenvalue weighted by Gasteiger charge is 2.18. The summed E-state index contributed by atoms with van der Waals surface area (Å²) in [5.74, 6) is 0.266. The zero-order chi connectivity index (χ0) is 13.4. The summed E-state index contributed by atoms with van der Waals surface area (Å²) in [6, 6.07) is 8.43. The van der Waals surface area contributed by atoms with Crippen molar-refractivity contribution in [3.8, 4) is 0 Å². The minimum Gasteiger partial charge on any atom is -0.293 e. The first kappa shape index (κ1) is 12.6. The van der Waals surface area contributed by atoms with Gasteiger partial charge in [-0.2, -0.15) is 0 Å². The fourth-order valence-corrected chi connectivity index (χ4v) is 3.84. The third kappa shape index (κ3) is 2.50. The summed E-state index contributed by atoms with van der Waals surface area (Å²) in [5, 5.41) is 0. The molecule has 0 bridgehead atoms. The number of hydrogen-bond donors (Lipinski definition) is 0. The number of ketones is 1. The quantitative estimate of drug-likeness (QED) is 0.761. The molecule has 1 nitrogen and oxygen atoms in total. The van der Waals surface area contributed by atoms with Gasteiger partial charge in [0.15, 0.2) is 5.78 Å². The molecule has 0 atom stereocenters. The Hall–Kier alpha value is -1.41. The van der Waals surface area contributed by atoms with Crippen LogP contribution in [0.4, 0.5) is 0 Å². The Balaban J connectivity index is 1.78. The van der Waals surface area contributed by atoms with E-state index in [4.69, 9.17) is 0 Å². The molecule has 0 radical (unpaired) electrons. The third-order valence-electron chi connectivity index (χ3n) is 3.96. The highest BCUT2D eigenvalue weighted by molar-refractivity contribution is 7.14. The van der Waals surface area contributed by atoms with E-state index in [1.165, 1.54) is 28.0 Å².